The number of anilines is 3. The fourth-order valence-corrected chi connectivity index (χ4v) is 3.42. The molecule has 0 heterocycles. The third-order valence-electron chi connectivity index (χ3n) is 4.07. The molecule has 0 unspecified atom stereocenters. The number of hydrogen-bond donors (Lipinski definition) is 4. The van der Waals surface area contributed by atoms with Crippen LogP contribution in [-0.4, -0.2) is 21.0 Å². The number of nitrogens with one attached hydrogen (secondary N) is 3. The maximum absolute atomic E-state index is 12.3. The Morgan fingerprint density at radius 3 is 2.41 bits per heavy atom. The van der Waals surface area contributed by atoms with E-state index in [0.717, 1.165) is 36.3 Å². The minimum absolute atomic E-state index is 0.0911. The maximum atomic E-state index is 12.3. The third kappa shape index (κ3) is 6.53. The monoisotopic (exact) mass is 390 g/mol. The molecule has 6 nitrogen and oxygen atoms in total. The number of sulfonamides is 1. The van der Waals surface area contributed by atoms with E-state index in [-0.39, 0.29) is 4.90 Å². The number of unbranched alkanes of at least 4 members (excludes halogenated alkanes) is 1. The van der Waals surface area contributed by atoms with Gasteiger partial charge in [-0.3, -0.25) is 0 Å². The molecule has 0 saturated carbocycles. The van der Waals surface area contributed by atoms with Gasteiger partial charge in [0.15, 0.2) is 0 Å². The van der Waals surface area contributed by atoms with E-state index in [0.29, 0.717) is 18.3 Å². The number of rotatable bonds is 10. The Hall–Kier alpha value is -2.09. The predicted octanol–water partition coefficient (Wildman–Crippen LogP) is 3.79. The number of primary sulfonamides is 1. The highest BCUT2D eigenvalue weighted by Crippen LogP contribution is 2.34. The highest BCUT2D eigenvalue weighted by atomic mass is 32.2. The van der Waals surface area contributed by atoms with E-state index in [1.54, 1.807) is 6.07 Å². The molecular formula is C20H30N4O2S. The molecule has 0 aliphatic rings. The van der Waals surface area contributed by atoms with Crippen molar-refractivity contribution in [1.29, 1.82) is 0 Å². The first-order valence-electron chi connectivity index (χ1n) is 9.30. The SMILES string of the molecule is CCCCNc1cc(CNC(C)C)cc(S(N)(=O)=O)c1Nc1ccccc1. The minimum atomic E-state index is -3.90. The molecule has 0 aliphatic heterocycles. The molecule has 2 aromatic carbocycles. The summed E-state index contributed by atoms with van der Waals surface area (Å²) in [6.45, 7) is 7.53. The second kappa shape index (κ2) is 9.73. The van der Waals surface area contributed by atoms with E-state index in [1.807, 2.05) is 50.2 Å². The molecule has 0 saturated heterocycles. The second-order valence-corrected chi connectivity index (χ2v) is 8.40. The molecule has 27 heavy (non-hydrogen) atoms. The molecule has 0 fully saturated rings. The summed E-state index contributed by atoms with van der Waals surface area (Å²) in [5, 5.41) is 15.5. The first kappa shape index (κ1) is 21.2. The Morgan fingerprint density at radius 1 is 1.11 bits per heavy atom. The van der Waals surface area contributed by atoms with Crippen LogP contribution in [0.5, 0.6) is 0 Å². The highest BCUT2D eigenvalue weighted by molar-refractivity contribution is 7.89. The molecule has 0 amide bonds. The molecule has 5 N–H and O–H groups in total. The quantitative estimate of drug-likeness (QED) is 0.463. The van der Waals surface area contributed by atoms with Crippen molar-refractivity contribution in [3.8, 4) is 0 Å². The summed E-state index contributed by atoms with van der Waals surface area (Å²) >= 11 is 0. The van der Waals surface area contributed by atoms with Crippen molar-refractivity contribution >= 4 is 27.1 Å². The number of nitrogens with two attached hydrogens (primary N) is 1. The average Bonchev–Trinajstić information content (AvgIpc) is 2.61. The summed E-state index contributed by atoms with van der Waals surface area (Å²) in [6, 6.07) is 13.4. The predicted molar refractivity (Wildman–Crippen MR) is 113 cm³/mol. The lowest BCUT2D eigenvalue weighted by atomic mass is 10.1. The van der Waals surface area contributed by atoms with Crippen molar-refractivity contribution < 1.29 is 8.42 Å². The summed E-state index contributed by atoms with van der Waals surface area (Å²) in [6.07, 6.45) is 2.04. The van der Waals surface area contributed by atoms with Crippen LogP contribution in [0, 0.1) is 0 Å². The summed E-state index contributed by atoms with van der Waals surface area (Å²) < 4.78 is 24.6. The molecule has 0 aromatic heterocycles. The maximum Gasteiger partial charge on any atom is 0.240 e. The topological polar surface area (TPSA) is 96.2 Å². The molecule has 0 radical (unpaired) electrons. The van der Waals surface area contributed by atoms with Crippen molar-refractivity contribution in [3.05, 3.63) is 48.0 Å². The van der Waals surface area contributed by atoms with E-state index in [9.17, 15) is 8.42 Å². The lowest BCUT2D eigenvalue weighted by Crippen LogP contribution is -2.23. The van der Waals surface area contributed by atoms with E-state index < -0.39 is 10.0 Å². The molecule has 7 heteroatoms. The molecule has 2 aromatic rings. The van der Waals surface area contributed by atoms with Gasteiger partial charge in [-0.15, -0.1) is 0 Å². The molecule has 0 atom stereocenters. The largest absolute Gasteiger partial charge is 0.383 e. The number of benzene rings is 2. The fraction of sp³-hybridized carbons (Fsp3) is 0.400. The Balaban J connectivity index is 2.50. The fourth-order valence-electron chi connectivity index (χ4n) is 2.65. The molecule has 0 bridgehead atoms. The van der Waals surface area contributed by atoms with Crippen LogP contribution in [0.1, 0.15) is 39.2 Å². The number of para-hydroxylation sites is 1. The van der Waals surface area contributed by atoms with Crippen LogP contribution in [0.2, 0.25) is 0 Å². The van der Waals surface area contributed by atoms with Crippen LogP contribution in [0.25, 0.3) is 0 Å². The normalized spacial score (nSPS) is 11.6. The van der Waals surface area contributed by atoms with E-state index in [1.165, 1.54) is 0 Å². The molecule has 0 spiro atoms. The van der Waals surface area contributed by atoms with Crippen LogP contribution in [0.4, 0.5) is 17.1 Å². The van der Waals surface area contributed by atoms with Crippen molar-refractivity contribution in [2.45, 2.75) is 51.1 Å². The first-order valence-corrected chi connectivity index (χ1v) is 10.8. The first-order chi connectivity index (χ1) is 12.8. The lowest BCUT2D eigenvalue weighted by molar-refractivity contribution is 0.587. The molecule has 148 valence electrons. The van der Waals surface area contributed by atoms with Gasteiger partial charge in [0.1, 0.15) is 4.90 Å². The highest BCUT2D eigenvalue weighted by Gasteiger charge is 2.19. The summed E-state index contributed by atoms with van der Waals surface area (Å²) in [5.41, 5.74) is 2.88. The zero-order chi connectivity index (χ0) is 19.9. The standard InChI is InChI=1S/C20H30N4O2S/c1-4-5-11-22-18-12-16(14-23-15(2)3)13-19(27(21,25)26)20(18)24-17-9-7-6-8-10-17/h6-10,12-13,15,22-24H,4-5,11,14H2,1-3H3,(H2,21,25,26). The third-order valence-corrected chi connectivity index (χ3v) is 5.01. The Morgan fingerprint density at radius 2 is 1.81 bits per heavy atom. The van der Waals surface area contributed by atoms with Gasteiger partial charge in [-0.05, 0) is 36.2 Å². The summed E-state index contributed by atoms with van der Waals surface area (Å²) in [5.74, 6) is 0. The van der Waals surface area contributed by atoms with Gasteiger partial charge < -0.3 is 16.0 Å². The zero-order valence-electron chi connectivity index (χ0n) is 16.2. The van der Waals surface area contributed by atoms with Gasteiger partial charge in [-0.1, -0.05) is 45.4 Å². The average molecular weight is 391 g/mol. The van der Waals surface area contributed by atoms with Gasteiger partial charge in [-0.25, -0.2) is 13.6 Å². The zero-order valence-corrected chi connectivity index (χ0v) is 17.1. The van der Waals surface area contributed by atoms with Gasteiger partial charge >= 0.3 is 0 Å². The van der Waals surface area contributed by atoms with Gasteiger partial charge in [0, 0.05) is 24.8 Å². The van der Waals surface area contributed by atoms with E-state index in [2.05, 4.69) is 22.9 Å². The van der Waals surface area contributed by atoms with Crippen molar-refractivity contribution in [2.24, 2.45) is 5.14 Å². The van der Waals surface area contributed by atoms with Crippen LogP contribution in [-0.2, 0) is 16.6 Å². The second-order valence-electron chi connectivity index (χ2n) is 6.87. The van der Waals surface area contributed by atoms with Gasteiger partial charge in [0.2, 0.25) is 10.0 Å². The van der Waals surface area contributed by atoms with Crippen LogP contribution in [0.15, 0.2) is 47.4 Å². The Kier molecular flexibility index (Phi) is 7.65. The lowest BCUT2D eigenvalue weighted by Gasteiger charge is -2.19. The van der Waals surface area contributed by atoms with Crippen LogP contribution < -0.4 is 21.1 Å². The van der Waals surface area contributed by atoms with Crippen molar-refractivity contribution in [1.82, 2.24) is 5.32 Å². The van der Waals surface area contributed by atoms with Gasteiger partial charge in [-0.2, -0.15) is 0 Å². The van der Waals surface area contributed by atoms with E-state index in [4.69, 9.17) is 5.14 Å². The minimum Gasteiger partial charge on any atom is -0.383 e. The molecule has 0 aliphatic carbocycles. The smallest absolute Gasteiger partial charge is 0.240 e. The molecular weight excluding hydrogens is 360 g/mol. The van der Waals surface area contributed by atoms with Crippen molar-refractivity contribution in [2.75, 3.05) is 17.2 Å². The number of hydrogen-bond acceptors (Lipinski definition) is 5. The Labute approximate surface area is 162 Å². The van der Waals surface area contributed by atoms with Crippen LogP contribution in [0.3, 0.4) is 0 Å². The summed E-state index contributed by atoms with van der Waals surface area (Å²) in [7, 11) is -3.90. The Bertz CT molecular complexity index is 837. The van der Waals surface area contributed by atoms with Gasteiger partial charge in [0.05, 0.1) is 11.4 Å². The van der Waals surface area contributed by atoms with Crippen molar-refractivity contribution in [3.63, 3.8) is 0 Å². The van der Waals surface area contributed by atoms with Gasteiger partial charge in [0.25, 0.3) is 0 Å². The molecule has 2 rings (SSSR count). The van der Waals surface area contributed by atoms with E-state index >= 15 is 0 Å². The van der Waals surface area contributed by atoms with Crippen LogP contribution >= 0.6 is 0 Å². The summed E-state index contributed by atoms with van der Waals surface area (Å²) in [4.78, 5) is 0.0911.